The molecule has 2 N–H and O–H groups in total. The minimum atomic E-state index is -0.828. The Kier molecular flexibility index (Phi) is 4.61. The highest BCUT2D eigenvalue weighted by Gasteiger charge is 2.35. The molecule has 5 nitrogen and oxygen atoms in total. The number of carbonyl (C=O) groups is 2. The molecular weight excluding hydrogens is 256 g/mol. The Labute approximate surface area is 118 Å². The lowest BCUT2D eigenvalue weighted by Crippen LogP contribution is -2.57. The molecule has 1 aromatic rings. The molecule has 20 heavy (non-hydrogen) atoms. The van der Waals surface area contributed by atoms with Gasteiger partial charge in [0.25, 0.3) is 0 Å². The van der Waals surface area contributed by atoms with E-state index in [9.17, 15) is 9.59 Å². The number of aryl methyl sites for hydroxylation is 1. The van der Waals surface area contributed by atoms with Gasteiger partial charge in [-0.05, 0) is 25.3 Å². The van der Waals surface area contributed by atoms with Gasteiger partial charge in [-0.3, -0.25) is 4.79 Å². The van der Waals surface area contributed by atoms with Crippen LogP contribution in [0.4, 0.5) is 4.79 Å². The number of urea groups is 1. The molecule has 1 aromatic carbocycles. The van der Waals surface area contributed by atoms with Gasteiger partial charge in [0.05, 0.1) is 5.92 Å². The number of hydrogen-bond acceptors (Lipinski definition) is 2. The molecule has 1 heterocycles. The molecule has 1 aliphatic heterocycles. The number of carboxylic acids is 1. The van der Waals surface area contributed by atoms with Crippen molar-refractivity contribution < 1.29 is 14.7 Å². The fourth-order valence-corrected chi connectivity index (χ4v) is 2.20. The Morgan fingerprint density at radius 1 is 1.35 bits per heavy atom. The maximum absolute atomic E-state index is 11.8. The van der Waals surface area contributed by atoms with E-state index in [2.05, 4.69) is 17.4 Å². The smallest absolute Gasteiger partial charge is 0.317 e. The molecule has 1 saturated heterocycles. The van der Waals surface area contributed by atoms with E-state index < -0.39 is 11.9 Å². The van der Waals surface area contributed by atoms with Crippen molar-refractivity contribution in [2.75, 3.05) is 13.1 Å². The van der Waals surface area contributed by atoms with Crippen molar-refractivity contribution in [2.45, 2.75) is 25.8 Å². The quantitative estimate of drug-likeness (QED) is 0.860. The second kappa shape index (κ2) is 6.41. The predicted molar refractivity (Wildman–Crippen MR) is 75.5 cm³/mol. The van der Waals surface area contributed by atoms with Crippen molar-refractivity contribution in [1.29, 1.82) is 0 Å². The van der Waals surface area contributed by atoms with Crippen molar-refractivity contribution in [3.8, 4) is 0 Å². The molecule has 1 atom stereocenters. The van der Waals surface area contributed by atoms with Gasteiger partial charge in [0.15, 0.2) is 0 Å². The first-order valence-electron chi connectivity index (χ1n) is 6.88. The SMILES string of the molecule is CC(CCc1ccccc1)NC(=O)N1CC(C(=O)O)C1. The van der Waals surface area contributed by atoms with Crippen molar-refractivity contribution in [3.63, 3.8) is 0 Å². The third-order valence-corrected chi connectivity index (χ3v) is 3.60. The second-order valence-electron chi connectivity index (χ2n) is 5.31. The number of amides is 2. The number of benzene rings is 1. The molecule has 1 unspecified atom stereocenters. The third kappa shape index (κ3) is 3.73. The molecule has 0 aromatic heterocycles. The van der Waals surface area contributed by atoms with Crippen molar-refractivity contribution in [1.82, 2.24) is 10.2 Å². The Morgan fingerprint density at radius 3 is 2.60 bits per heavy atom. The summed E-state index contributed by atoms with van der Waals surface area (Å²) < 4.78 is 0. The van der Waals surface area contributed by atoms with Crippen LogP contribution in [-0.4, -0.2) is 41.1 Å². The Morgan fingerprint density at radius 2 is 2.00 bits per heavy atom. The molecule has 0 radical (unpaired) electrons. The van der Waals surface area contributed by atoms with E-state index >= 15 is 0 Å². The van der Waals surface area contributed by atoms with Crippen LogP contribution in [0.15, 0.2) is 30.3 Å². The van der Waals surface area contributed by atoms with Crippen LogP contribution in [-0.2, 0) is 11.2 Å². The summed E-state index contributed by atoms with van der Waals surface area (Å²) in [5, 5.41) is 11.7. The molecule has 5 heteroatoms. The Balaban J connectivity index is 1.68. The summed E-state index contributed by atoms with van der Waals surface area (Å²) in [5.74, 6) is -1.23. The summed E-state index contributed by atoms with van der Waals surface area (Å²) >= 11 is 0. The maximum atomic E-state index is 11.8. The minimum absolute atomic E-state index is 0.0755. The van der Waals surface area contributed by atoms with Crippen LogP contribution in [0.1, 0.15) is 18.9 Å². The number of hydrogen-bond donors (Lipinski definition) is 2. The molecular formula is C15H20N2O3. The van der Waals surface area contributed by atoms with Gasteiger partial charge in [-0.25, -0.2) is 4.79 Å². The van der Waals surface area contributed by atoms with Gasteiger partial charge in [0.1, 0.15) is 0 Å². The number of carboxylic acid groups (broad SMARTS) is 1. The fraction of sp³-hybridized carbons (Fsp3) is 0.467. The Bertz CT molecular complexity index is 469. The standard InChI is InChI=1S/C15H20N2O3/c1-11(7-8-12-5-3-2-4-6-12)16-15(20)17-9-13(10-17)14(18)19/h2-6,11,13H,7-10H2,1H3,(H,16,20)(H,18,19). The lowest BCUT2D eigenvalue weighted by Gasteiger charge is -2.37. The average molecular weight is 276 g/mol. The van der Waals surface area contributed by atoms with Gasteiger partial charge >= 0.3 is 12.0 Å². The number of nitrogens with zero attached hydrogens (tertiary/aromatic N) is 1. The number of carbonyl (C=O) groups excluding carboxylic acids is 1. The van der Waals surface area contributed by atoms with Crippen LogP contribution in [0, 0.1) is 5.92 Å². The predicted octanol–water partition coefficient (Wildman–Crippen LogP) is 1.73. The normalized spacial score (nSPS) is 16.4. The summed E-state index contributed by atoms with van der Waals surface area (Å²) in [6.07, 6.45) is 1.78. The van der Waals surface area contributed by atoms with Gasteiger partial charge in [-0.15, -0.1) is 0 Å². The van der Waals surface area contributed by atoms with Crippen molar-refractivity contribution in [2.24, 2.45) is 5.92 Å². The molecule has 1 fully saturated rings. The topological polar surface area (TPSA) is 69.6 Å². The second-order valence-corrected chi connectivity index (χ2v) is 5.31. The largest absolute Gasteiger partial charge is 0.481 e. The molecule has 0 aliphatic carbocycles. The van der Waals surface area contributed by atoms with Gasteiger partial charge < -0.3 is 15.3 Å². The highest BCUT2D eigenvalue weighted by atomic mass is 16.4. The van der Waals surface area contributed by atoms with E-state index in [1.807, 2.05) is 25.1 Å². The summed E-state index contributed by atoms with van der Waals surface area (Å²) in [6.45, 7) is 2.59. The third-order valence-electron chi connectivity index (χ3n) is 3.60. The first-order valence-corrected chi connectivity index (χ1v) is 6.88. The van der Waals surface area contributed by atoms with Gasteiger partial charge in [0, 0.05) is 19.1 Å². The molecule has 0 saturated carbocycles. The average Bonchev–Trinajstić information content (AvgIpc) is 2.35. The number of rotatable bonds is 5. The van der Waals surface area contributed by atoms with E-state index in [1.54, 1.807) is 0 Å². The molecule has 2 rings (SSSR count). The van der Waals surface area contributed by atoms with Crippen LogP contribution in [0.5, 0.6) is 0 Å². The van der Waals surface area contributed by atoms with E-state index in [-0.39, 0.29) is 12.1 Å². The minimum Gasteiger partial charge on any atom is -0.481 e. The number of aliphatic carboxylic acids is 1. The van der Waals surface area contributed by atoms with E-state index in [0.29, 0.717) is 13.1 Å². The first kappa shape index (κ1) is 14.4. The van der Waals surface area contributed by atoms with Crippen LogP contribution < -0.4 is 5.32 Å². The van der Waals surface area contributed by atoms with Gasteiger partial charge in [-0.1, -0.05) is 30.3 Å². The van der Waals surface area contributed by atoms with Crippen LogP contribution in [0.25, 0.3) is 0 Å². The van der Waals surface area contributed by atoms with Gasteiger partial charge in [0.2, 0.25) is 0 Å². The monoisotopic (exact) mass is 276 g/mol. The summed E-state index contributed by atoms with van der Waals surface area (Å²) in [6, 6.07) is 10.0. The van der Waals surface area contributed by atoms with Gasteiger partial charge in [-0.2, -0.15) is 0 Å². The number of nitrogens with one attached hydrogen (secondary N) is 1. The van der Waals surface area contributed by atoms with Crippen molar-refractivity contribution in [3.05, 3.63) is 35.9 Å². The van der Waals surface area contributed by atoms with E-state index in [0.717, 1.165) is 12.8 Å². The molecule has 108 valence electrons. The zero-order valence-corrected chi connectivity index (χ0v) is 11.6. The van der Waals surface area contributed by atoms with Crippen LogP contribution in [0.3, 0.4) is 0 Å². The highest BCUT2D eigenvalue weighted by Crippen LogP contribution is 2.15. The molecule has 1 aliphatic rings. The zero-order chi connectivity index (χ0) is 14.5. The Hall–Kier alpha value is -2.04. The molecule has 0 bridgehead atoms. The molecule has 0 spiro atoms. The highest BCUT2D eigenvalue weighted by molar-refractivity contribution is 5.79. The molecule has 2 amide bonds. The van der Waals surface area contributed by atoms with Crippen LogP contribution in [0.2, 0.25) is 0 Å². The fourth-order valence-electron chi connectivity index (χ4n) is 2.20. The van der Waals surface area contributed by atoms with Crippen molar-refractivity contribution >= 4 is 12.0 Å². The summed E-state index contributed by atoms with van der Waals surface area (Å²) in [5.41, 5.74) is 1.25. The summed E-state index contributed by atoms with van der Waals surface area (Å²) in [7, 11) is 0. The van der Waals surface area contributed by atoms with E-state index in [4.69, 9.17) is 5.11 Å². The summed E-state index contributed by atoms with van der Waals surface area (Å²) in [4.78, 5) is 24.0. The van der Waals surface area contributed by atoms with E-state index in [1.165, 1.54) is 10.5 Å². The lowest BCUT2D eigenvalue weighted by molar-refractivity contribution is -0.146. The lowest BCUT2D eigenvalue weighted by atomic mass is 10.0. The van der Waals surface area contributed by atoms with Crippen LogP contribution >= 0.6 is 0 Å². The zero-order valence-electron chi connectivity index (χ0n) is 11.6. The maximum Gasteiger partial charge on any atom is 0.317 e. The first-order chi connectivity index (χ1) is 9.56. The number of likely N-dealkylation sites (tertiary alicyclic amines) is 1.